The van der Waals surface area contributed by atoms with Gasteiger partial charge in [-0.05, 0) is 88.9 Å². The number of esters is 1. The van der Waals surface area contributed by atoms with E-state index in [4.69, 9.17) is 25.8 Å². The second-order valence-corrected chi connectivity index (χ2v) is 12.5. The van der Waals surface area contributed by atoms with Crippen molar-refractivity contribution in [3.05, 3.63) is 118 Å². The number of anilines is 1. The Morgan fingerprint density at radius 2 is 1.84 bits per heavy atom. The van der Waals surface area contributed by atoms with Gasteiger partial charge in [-0.2, -0.15) is 0 Å². The van der Waals surface area contributed by atoms with E-state index in [2.05, 4.69) is 20.9 Å². The molecule has 1 aromatic heterocycles. The molecule has 228 valence electrons. The minimum atomic E-state index is -0.687. The number of allylic oxidation sites excluding steroid dienone is 1. The first-order valence-electron chi connectivity index (χ1n) is 13.8. The Labute approximate surface area is 272 Å². The van der Waals surface area contributed by atoms with Gasteiger partial charge in [0.1, 0.15) is 6.61 Å². The fraction of sp³-hybridized carbons (Fsp3) is 0.242. The van der Waals surface area contributed by atoms with Gasteiger partial charge in [-0.25, -0.2) is 9.79 Å². The zero-order chi connectivity index (χ0) is 31.5. The molecular weight excluding hydrogens is 666 g/mol. The number of rotatable bonds is 9. The van der Waals surface area contributed by atoms with Gasteiger partial charge < -0.3 is 19.1 Å². The minimum Gasteiger partial charge on any atom is -0.493 e. The highest BCUT2D eigenvalue weighted by Crippen LogP contribution is 2.37. The summed E-state index contributed by atoms with van der Waals surface area (Å²) < 4.78 is 19.8. The largest absolute Gasteiger partial charge is 0.493 e. The molecule has 2 heterocycles. The van der Waals surface area contributed by atoms with Crippen LogP contribution in [0.1, 0.15) is 36.6 Å². The quantitative estimate of drug-likeness (QED) is 0.204. The molecule has 8 nitrogen and oxygen atoms in total. The molecule has 0 bridgehead atoms. The number of halogens is 2. The van der Waals surface area contributed by atoms with Gasteiger partial charge in [-0.15, -0.1) is 0 Å². The Kier molecular flexibility index (Phi) is 9.62. The summed E-state index contributed by atoms with van der Waals surface area (Å²) in [6.45, 7) is 4.06. The molecule has 5 rings (SSSR count). The average molecular weight is 697 g/mol. The van der Waals surface area contributed by atoms with E-state index in [1.165, 1.54) is 11.3 Å². The molecule has 1 aliphatic heterocycles. The fourth-order valence-electron chi connectivity index (χ4n) is 4.91. The molecule has 3 aromatic carbocycles. The monoisotopic (exact) mass is 695 g/mol. The van der Waals surface area contributed by atoms with E-state index in [1.807, 2.05) is 79.7 Å². The third kappa shape index (κ3) is 6.47. The second-order valence-electron chi connectivity index (χ2n) is 10.2. The van der Waals surface area contributed by atoms with Crippen LogP contribution in [0.2, 0.25) is 5.02 Å². The van der Waals surface area contributed by atoms with E-state index in [0.717, 1.165) is 22.4 Å². The third-order valence-electron chi connectivity index (χ3n) is 7.09. The number of hydrogen-bond acceptors (Lipinski definition) is 8. The van der Waals surface area contributed by atoms with Crippen LogP contribution < -0.4 is 29.3 Å². The van der Waals surface area contributed by atoms with Crippen LogP contribution in [0.15, 0.2) is 86.2 Å². The molecule has 0 unspecified atom stereocenters. The molecular formula is C33H31BrClN3O5S. The molecule has 1 atom stereocenters. The third-order valence-corrected chi connectivity index (χ3v) is 8.91. The van der Waals surface area contributed by atoms with Crippen molar-refractivity contribution >= 4 is 56.6 Å². The van der Waals surface area contributed by atoms with Gasteiger partial charge in [-0.1, -0.05) is 47.2 Å². The summed E-state index contributed by atoms with van der Waals surface area (Å²) in [5, 5.41) is 0.656. The standard InChI is InChI=1S/C33H31BrClN3O5S/c1-6-42-32(40)28-19(2)36-33-38(29(28)22-9-13-24(14-10-22)37(3)4)31(39)27(44-33)17-21-15-25(34)30(26(16-21)41-5)43-18-20-7-11-23(35)12-8-20/h7-17,29H,6,18H2,1-5H3/b27-17-/t29-/m0/s1. The van der Waals surface area contributed by atoms with Crippen molar-refractivity contribution in [3.63, 3.8) is 0 Å². The summed E-state index contributed by atoms with van der Waals surface area (Å²) >= 11 is 10.9. The summed E-state index contributed by atoms with van der Waals surface area (Å²) in [5.41, 5.74) is 4.07. The lowest BCUT2D eigenvalue weighted by Gasteiger charge is -2.25. The van der Waals surface area contributed by atoms with Gasteiger partial charge >= 0.3 is 5.97 Å². The van der Waals surface area contributed by atoms with Crippen LogP contribution in [0.25, 0.3) is 6.08 Å². The predicted octanol–water partition coefficient (Wildman–Crippen LogP) is 5.87. The molecule has 0 amide bonds. The normalized spacial score (nSPS) is 14.6. The predicted molar refractivity (Wildman–Crippen MR) is 178 cm³/mol. The Hall–Kier alpha value is -3.86. The van der Waals surface area contributed by atoms with Crippen LogP contribution in [0.3, 0.4) is 0 Å². The Morgan fingerprint density at radius 3 is 2.48 bits per heavy atom. The van der Waals surface area contributed by atoms with Gasteiger partial charge in [0.15, 0.2) is 16.3 Å². The highest BCUT2D eigenvalue weighted by Gasteiger charge is 2.33. The van der Waals surface area contributed by atoms with Crippen molar-refractivity contribution in [3.8, 4) is 11.5 Å². The summed E-state index contributed by atoms with van der Waals surface area (Å²) in [5.74, 6) is 0.552. The van der Waals surface area contributed by atoms with Crippen molar-refractivity contribution in [1.29, 1.82) is 0 Å². The van der Waals surface area contributed by atoms with E-state index in [9.17, 15) is 9.59 Å². The lowest BCUT2D eigenvalue weighted by molar-refractivity contribution is -0.139. The van der Waals surface area contributed by atoms with Crippen LogP contribution in [-0.2, 0) is 16.1 Å². The van der Waals surface area contributed by atoms with Gasteiger partial charge in [0, 0.05) is 24.8 Å². The van der Waals surface area contributed by atoms with Crippen LogP contribution in [0.4, 0.5) is 5.69 Å². The maximum atomic E-state index is 14.0. The molecule has 4 aromatic rings. The average Bonchev–Trinajstić information content (AvgIpc) is 3.30. The molecule has 0 fully saturated rings. The van der Waals surface area contributed by atoms with Crippen molar-refractivity contribution in [1.82, 2.24) is 4.57 Å². The number of carbonyl (C=O) groups excluding carboxylic acids is 1. The summed E-state index contributed by atoms with van der Waals surface area (Å²) in [4.78, 5) is 34.4. The number of benzene rings is 3. The van der Waals surface area contributed by atoms with Crippen LogP contribution >= 0.6 is 38.9 Å². The number of aromatic nitrogens is 1. The number of methoxy groups -OCH3 is 1. The summed E-state index contributed by atoms with van der Waals surface area (Å²) in [7, 11) is 5.48. The maximum absolute atomic E-state index is 14.0. The fourth-order valence-corrected chi connectivity index (χ4v) is 6.66. The lowest BCUT2D eigenvalue weighted by Crippen LogP contribution is -2.39. The zero-order valence-electron chi connectivity index (χ0n) is 24.9. The molecule has 0 radical (unpaired) electrons. The van der Waals surface area contributed by atoms with E-state index in [1.54, 1.807) is 31.6 Å². The highest BCUT2D eigenvalue weighted by molar-refractivity contribution is 9.10. The first-order valence-corrected chi connectivity index (χ1v) is 15.8. The molecule has 0 aliphatic carbocycles. The van der Waals surface area contributed by atoms with Crippen LogP contribution in [0, 0.1) is 0 Å². The second kappa shape index (κ2) is 13.4. The molecule has 11 heteroatoms. The van der Waals surface area contributed by atoms with E-state index in [-0.39, 0.29) is 12.2 Å². The first kappa shape index (κ1) is 31.6. The Morgan fingerprint density at radius 1 is 1.14 bits per heavy atom. The zero-order valence-corrected chi connectivity index (χ0v) is 28.0. The molecule has 0 saturated carbocycles. The Balaban J connectivity index is 1.57. The smallest absolute Gasteiger partial charge is 0.338 e. The SMILES string of the molecule is CCOC(=O)C1=C(C)N=c2s/c(=C\c3cc(Br)c(OCc4ccc(Cl)cc4)c(OC)c3)c(=O)n2[C@H]1c1ccc(N(C)C)cc1. The van der Waals surface area contributed by atoms with Crippen LogP contribution in [0.5, 0.6) is 11.5 Å². The summed E-state index contributed by atoms with van der Waals surface area (Å²) in [6, 6.07) is 18.2. The first-order chi connectivity index (χ1) is 21.1. The minimum absolute atomic E-state index is 0.211. The number of thiazole rings is 1. The molecule has 1 aliphatic rings. The number of carbonyl (C=O) groups is 1. The van der Waals surface area contributed by atoms with E-state index < -0.39 is 12.0 Å². The summed E-state index contributed by atoms with van der Waals surface area (Å²) in [6.07, 6.45) is 1.79. The van der Waals surface area contributed by atoms with Gasteiger partial charge in [0.2, 0.25) is 0 Å². The number of fused-ring (bicyclic) bond motifs is 1. The number of nitrogens with zero attached hydrogens (tertiary/aromatic N) is 3. The van der Waals surface area contributed by atoms with Crippen molar-refractivity contribution in [2.24, 2.45) is 4.99 Å². The van der Waals surface area contributed by atoms with Gasteiger partial charge in [0.05, 0.1) is 40.0 Å². The molecule has 44 heavy (non-hydrogen) atoms. The highest BCUT2D eigenvalue weighted by atomic mass is 79.9. The van der Waals surface area contributed by atoms with Gasteiger partial charge in [-0.3, -0.25) is 9.36 Å². The molecule has 0 saturated heterocycles. The maximum Gasteiger partial charge on any atom is 0.338 e. The van der Waals surface area contributed by atoms with Crippen LogP contribution in [-0.4, -0.2) is 38.3 Å². The topological polar surface area (TPSA) is 82.4 Å². The Bertz CT molecular complexity index is 1910. The molecule has 0 spiro atoms. The number of hydrogen-bond donors (Lipinski definition) is 0. The van der Waals surface area contributed by atoms with Gasteiger partial charge in [0.25, 0.3) is 5.56 Å². The lowest BCUT2D eigenvalue weighted by atomic mass is 9.95. The van der Waals surface area contributed by atoms with Crippen molar-refractivity contribution in [2.45, 2.75) is 26.5 Å². The molecule has 0 N–H and O–H groups in total. The van der Waals surface area contributed by atoms with Crippen molar-refractivity contribution < 1.29 is 19.0 Å². The van der Waals surface area contributed by atoms with Crippen molar-refractivity contribution in [2.75, 3.05) is 32.7 Å². The van der Waals surface area contributed by atoms with E-state index in [0.29, 0.717) is 48.2 Å². The number of ether oxygens (including phenoxy) is 3. The van der Waals surface area contributed by atoms with E-state index >= 15 is 0 Å².